The maximum atomic E-state index is 12.5. The Morgan fingerprint density at radius 2 is 2.44 bits per heavy atom. The van der Waals surface area contributed by atoms with Gasteiger partial charge in [0.25, 0.3) is 0 Å². The summed E-state index contributed by atoms with van der Waals surface area (Å²) in [7, 11) is 0. The van der Waals surface area contributed by atoms with E-state index in [1.807, 2.05) is 13.0 Å². The fraction of sp³-hybridized carbons (Fsp3) is 0.600. The molecule has 1 aromatic rings. The van der Waals surface area contributed by atoms with Crippen LogP contribution in [0.25, 0.3) is 0 Å². The molecule has 1 aliphatic carbocycles. The highest BCUT2D eigenvalue weighted by molar-refractivity contribution is 5.87. The molecule has 2 atom stereocenters. The van der Waals surface area contributed by atoms with E-state index in [4.69, 9.17) is 5.73 Å². The van der Waals surface area contributed by atoms with Gasteiger partial charge in [-0.05, 0) is 50.3 Å². The third-order valence-electron chi connectivity index (χ3n) is 3.87. The predicted molar refractivity (Wildman–Crippen MR) is 72.4 cm³/mol. The van der Waals surface area contributed by atoms with Gasteiger partial charge in [0.2, 0.25) is 0 Å². The lowest BCUT2D eigenvalue weighted by Gasteiger charge is -2.25. The Labute approximate surface area is 109 Å². The first-order valence-electron chi connectivity index (χ1n) is 6.91. The number of aromatic nitrogens is 1. The van der Waals surface area contributed by atoms with E-state index in [-0.39, 0.29) is 11.8 Å². The van der Waals surface area contributed by atoms with Crippen molar-refractivity contribution < 1.29 is 4.79 Å². The second kappa shape index (κ2) is 6.10. The summed E-state index contributed by atoms with van der Waals surface area (Å²) in [5.74, 6) is 0.470. The number of nitrogens with zero attached hydrogens (tertiary/aromatic N) is 1. The van der Waals surface area contributed by atoms with Crippen LogP contribution in [-0.4, -0.2) is 17.3 Å². The summed E-state index contributed by atoms with van der Waals surface area (Å²) in [6.45, 7) is 2.69. The summed E-state index contributed by atoms with van der Waals surface area (Å²) in [5.41, 5.74) is 7.79. The summed E-state index contributed by atoms with van der Waals surface area (Å²) in [5, 5.41) is 0. The monoisotopic (exact) mass is 246 g/mol. The molecule has 3 heteroatoms. The number of Topliss-reactive ketones (excluding diaryl/α,β-unsaturated/α-hetero) is 1. The molecule has 0 saturated carbocycles. The average Bonchev–Trinajstić information content (AvgIpc) is 2.43. The van der Waals surface area contributed by atoms with Gasteiger partial charge in [0.05, 0.1) is 11.6 Å². The number of ketones is 1. The van der Waals surface area contributed by atoms with Crippen LogP contribution in [0.5, 0.6) is 0 Å². The van der Waals surface area contributed by atoms with Gasteiger partial charge in [-0.15, -0.1) is 0 Å². The molecule has 3 nitrogen and oxygen atoms in total. The zero-order chi connectivity index (χ0) is 13.0. The fourth-order valence-corrected chi connectivity index (χ4v) is 2.80. The quantitative estimate of drug-likeness (QED) is 0.868. The molecule has 0 spiro atoms. The third-order valence-corrected chi connectivity index (χ3v) is 3.87. The topological polar surface area (TPSA) is 56.0 Å². The largest absolute Gasteiger partial charge is 0.330 e. The molecule has 0 aliphatic heterocycles. The van der Waals surface area contributed by atoms with Crippen LogP contribution in [0.15, 0.2) is 18.3 Å². The van der Waals surface area contributed by atoms with Gasteiger partial charge in [-0.1, -0.05) is 13.0 Å². The van der Waals surface area contributed by atoms with E-state index in [2.05, 4.69) is 11.1 Å². The van der Waals surface area contributed by atoms with E-state index in [0.717, 1.165) is 37.8 Å². The molecule has 0 fully saturated rings. The van der Waals surface area contributed by atoms with Crippen molar-refractivity contribution >= 4 is 5.78 Å². The van der Waals surface area contributed by atoms with Crippen molar-refractivity contribution in [3.63, 3.8) is 0 Å². The van der Waals surface area contributed by atoms with Crippen molar-refractivity contribution in [1.29, 1.82) is 0 Å². The van der Waals surface area contributed by atoms with Crippen LogP contribution < -0.4 is 5.73 Å². The van der Waals surface area contributed by atoms with E-state index < -0.39 is 0 Å². The lowest BCUT2D eigenvalue weighted by atomic mass is 9.79. The number of hydrogen-bond donors (Lipinski definition) is 1. The summed E-state index contributed by atoms with van der Waals surface area (Å²) in [6, 6.07) is 4.07. The predicted octanol–water partition coefficient (Wildman–Crippen LogP) is 2.45. The molecule has 1 heterocycles. The minimum Gasteiger partial charge on any atom is -0.330 e. The number of nitrogens with two attached hydrogens (primary N) is 1. The van der Waals surface area contributed by atoms with E-state index >= 15 is 0 Å². The number of rotatable bonds is 5. The lowest BCUT2D eigenvalue weighted by Crippen LogP contribution is -2.25. The van der Waals surface area contributed by atoms with Crippen LogP contribution in [0.3, 0.4) is 0 Å². The minimum absolute atomic E-state index is 0.0164. The maximum absolute atomic E-state index is 12.5. The normalized spacial score (nSPS) is 20.2. The summed E-state index contributed by atoms with van der Waals surface area (Å²) < 4.78 is 0. The molecule has 0 aromatic carbocycles. The molecular weight excluding hydrogens is 224 g/mol. The Hall–Kier alpha value is -1.22. The molecule has 0 saturated heterocycles. The highest BCUT2D eigenvalue weighted by Gasteiger charge is 2.30. The number of carbonyl (C=O) groups excluding carboxylic acids is 1. The fourth-order valence-electron chi connectivity index (χ4n) is 2.80. The number of pyridine rings is 1. The Kier molecular flexibility index (Phi) is 4.48. The van der Waals surface area contributed by atoms with Crippen molar-refractivity contribution in [2.45, 2.75) is 44.9 Å². The number of aryl methyl sites for hydroxylation is 1. The van der Waals surface area contributed by atoms with E-state index in [0.29, 0.717) is 12.3 Å². The zero-order valence-corrected chi connectivity index (χ0v) is 11.1. The molecule has 2 N–H and O–H groups in total. The number of carbonyl (C=O) groups is 1. The first-order valence-corrected chi connectivity index (χ1v) is 6.91. The lowest BCUT2D eigenvalue weighted by molar-refractivity contribution is -0.124. The van der Waals surface area contributed by atoms with Gasteiger partial charge in [-0.2, -0.15) is 0 Å². The van der Waals surface area contributed by atoms with E-state index in [1.165, 1.54) is 5.56 Å². The zero-order valence-electron chi connectivity index (χ0n) is 11.1. The highest BCUT2D eigenvalue weighted by atomic mass is 16.1. The standard InChI is InChI=1S/C15H22N2O/c1-11(5-3-9-16)15(18)13-8-2-6-12-7-4-10-17-14(12)13/h4,7,10-11,13H,2-3,5-6,8-9,16H2,1H3. The SMILES string of the molecule is CC(CCCN)C(=O)C1CCCc2cccnc21. The molecule has 2 rings (SSSR count). The number of fused-ring (bicyclic) bond motifs is 1. The van der Waals surface area contributed by atoms with Gasteiger partial charge < -0.3 is 5.73 Å². The molecule has 98 valence electrons. The van der Waals surface area contributed by atoms with Crippen LogP contribution in [0.4, 0.5) is 0 Å². The Balaban J connectivity index is 2.12. The van der Waals surface area contributed by atoms with E-state index in [9.17, 15) is 4.79 Å². The Morgan fingerprint density at radius 3 is 3.22 bits per heavy atom. The summed E-state index contributed by atoms with van der Waals surface area (Å²) >= 11 is 0. The second-order valence-corrected chi connectivity index (χ2v) is 5.23. The smallest absolute Gasteiger partial charge is 0.144 e. The van der Waals surface area contributed by atoms with Crippen LogP contribution in [0, 0.1) is 5.92 Å². The molecular formula is C15H22N2O. The van der Waals surface area contributed by atoms with Crippen LogP contribution in [0.1, 0.15) is 49.8 Å². The van der Waals surface area contributed by atoms with Crippen molar-refractivity contribution in [2.24, 2.45) is 11.7 Å². The van der Waals surface area contributed by atoms with Crippen molar-refractivity contribution in [2.75, 3.05) is 6.54 Å². The molecule has 1 aromatic heterocycles. The first kappa shape index (κ1) is 13.2. The maximum Gasteiger partial charge on any atom is 0.144 e. The summed E-state index contributed by atoms with van der Waals surface area (Å²) in [4.78, 5) is 16.9. The van der Waals surface area contributed by atoms with Crippen LogP contribution >= 0.6 is 0 Å². The third kappa shape index (κ3) is 2.78. The summed E-state index contributed by atoms with van der Waals surface area (Å²) in [6.07, 6.45) is 6.73. The van der Waals surface area contributed by atoms with Crippen LogP contribution in [0.2, 0.25) is 0 Å². The van der Waals surface area contributed by atoms with Gasteiger partial charge in [0, 0.05) is 12.1 Å². The van der Waals surface area contributed by atoms with Gasteiger partial charge >= 0.3 is 0 Å². The number of hydrogen-bond acceptors (Lipinski definition) is 3. The molecule has 0 bridgehead atoms. The molecule has 18 heavy (non-hydrogen) atoms. The van der Waals surface area contributed by atoms with Gasteiger partial charge in [0.1, 0.15) is 5.78 Å². The Bertz CT molecular complexity index is 417. The molecule has 1 aliphatic rings. The average molecular weight is 246 g/mol. The Morgan fingerprint density at radius 1 is 1.61 bits per heavy atom. The second-order valence-electron chi connectivity index (χ2n) is 5.23. The van der Waals surface area contributed by atoms with Crippen LogP contribution in [-0.2, 0) is 11.2 Å². The van der Waals surface area contributed by atoms with Crippen molar-refractivity contribution in [3.05, 3.63) is 29.6 Å². The van der Waals surface area contributed by atoms with Crippen molar-refractivity contribution in [1.82, 2.24) is 4.98 Å². The van der Waals surface area contributed by atoms with Gasteiger partial charge in [0.15, 0.2) is 0 Å². The first-order chi connectivity index (χ1) is 8.74. The molecule has 0 amide bonds. The molecule has 2 unspecified atom stereocenters. The van der Waals surface area contributed by atoms with Crippen molar-refractivity contribution in [3.8, 4) is 0 Å². The van der Waals surface area contributed by atoms with Gasteiger partial charge in [-0.25, -0.2) is 0 Å². The minimum atomic E-state index is 0.0164. The van der Waals surface area contributed by atoms with E-state index in [1.54, 1.807) is 6.20 Å². The highest BCUT2D eigenvalue weighted by Crippen LogP contribution is 2.33. The van der Waals surface area contributed by atoms with Gasteiger partial charge in [-0.3, -0.25) is 9.78 Å². The molecule has 0 radical (unpaired) electrons.